The maximum atomic E-state index is 13.8. The molecule has 3 fully saturated rings. The number of ether oxygens (including phenoxy) is 4. The van der Waals surface area contributed by atoms with Crippen molar-refractivity contribution in [2.45, 2.75) is 86.8 Å². The Balaban J connectivity index is 0.876. The van der Waals surface area contributed by atoms with Gasteiger partial charge >= 0.3 is 36.9 Å². The third-order valence-corrected chi connectivity index (χ3v) is 18.4. The molecule has 3 aliphatic rings. The molecule has 6 aromatic rings. The number of nitrogens with one attached hydrogen (secondary N) is 2. The number of aliphatic hydroxyl groups excluding tert-OH is 3. The van der Waals surface area contributed by atoms with Gasteiger partial charge in [0.15, 0.2) is 41.4 Å². The minimum absolute atomic E-state index is 0.000800. The average Bonchev–Trinajstić information content (AvgIpc) is 3.40. The van der Waals surface area contributed by atoms with Crippen LogP contribution in [0.3, 0.4) is 0 Å². The first-order chi connectivity index (χ1) is 38.5. The molecule has 0 aromatic carbocycles. The molecular weight excluding hydrogens is 1190 g/mol. The Hall–Kier alpha value is -5.64. The average molecular weight is 1240 g/mol. The van der Waals surface area contributed by atoms with E-state index in [0.29, 0.717) is 0 Å². The first kappa shape index (κ1) is 60.9. The highest BCUT2D eigenvalue weighted by Gasteiger charge is 2.54. The van der Waals surface area contributed by atoms with E-state index in [1.165, 1.54) is 46.1 Å². The Morgan fingerprint density at radius 3 is 2.00 bits per heavy atom. The summed E-state index contributed by atoms with van der Waals surface area (Å²) in [7, 11) is -17.9. The molecule has 82 heavy (non-hydrogen) atoms. The predicted molar refractivity (Wildman–Crippen MR) is 269 cm³/mol. The van der Waals surface area contributed by atoms with Gasteiger partial charge in [-0.25, -0.2) is 42.8 Å². The van der Waals surface area contributed by atoms with Crippen LogP contribution < -0.4 is 32.9 Å². The molecule has 0 aliphatic carbocycles. The second-order valence-electron chi connectivity index (χ2n) is 18.8. The molecule has 5 unspecified atom stereocenters. The van der Waals surface area contributed by atoms with Crippen LogP contribution in [0.25, 0.3) is 33.5 Å². The number of nitrogen functional groups attached to an aromatic ring is 3. The fraction of sp³-hybridized carbons (Fsp3) is 0.579. The molecule has 16 atom stereocenters. The molecule has 3 aliphatic heterocycles. The van der Waals surface area contributed by atoms with E-state index in [9.17, 15) is 67.5 Å². The fourth-order valence-electron chi connectivity index (χ4n) is 9.45. The standard InChI is InChI=1S/C38H54N16O24P4/c1-50(2)19(55)7-5-6-15-16(73-34(23(15)56)54-14-51(3)22-31(54)47-38(41)49-33(22)60)8-71-80(63,64)77-82(67,68)78-81(65,66)72-10-18-26(27(69-4)36(75-18)52-12-44-20-28(39)42-11-43-29(20)52)76-79(61,62)70-9-17-24(57)25(58)35(74-17)53-13-45-21-30(53)46-37(40)48-32(21)59/h11-18,23-27,34-36,56-58H,5-10H2,1-4H3,(H11-,39,40,41,42,43,46,47,48,49,59,60,61,62,63,64,65,66,67,68)/p+1/t15-,16-,17-,18-,23-,24-,25-,26-,27-,34?,35-,36-/m1/s1. The first-order valence-electron chi connectivity index (χ1n) is 24.0. The predicted octanol–water partition coefficient (Wildman–Crippen LogP) is -3.20. The Kier molecular flexibility index (Phi) is 17.4. The van der Waals surface area contributed by atoms with Gasteiger partial charge in [0, 0.05) is 33.5 Å². The van der Waals surface area contributed by atoms with Crippen molar-refractivity contribution in [1.82, 2.24) is 58.5 Å². The number of nitrogens with two attached hydrogens (primary N) is 3. The number of rotatable bonds is 23. The number of carbonyl (C=O) groups is 1. The van der Waals surface area contributed by atoms with Crippen LogP contribution >= 0.6 is 31.3 Å². The van der Waals surface area contributed by atoms with Gasteiger partial charge in [-0.3, -0.25) is 56.1 Å². The number of imidazole rings is 3. The monoisotopic (exact) mass is 1240 g/mol. The molecule has 0 radical (unpaired) electrons. The Labute approximate surface area is 458 Å². The number of anilines is 3. The molecule has 9 rings (SSSR count). The van der Waals surface area contributed by atoms with Gasteiger partial charge in [-0.15, -0.1) is 0 Å². The number of fused-ring (bicyclic) bond motifs is 3. The lowest BCUT2D eigenvalue weighted by molar-refractivity contribution is -0.745. The van der Waals surface area contributed by atoms with Crippen LogP contribution in [-0.4, -0.2) is 189 Å². The van der Waals surface area contributed by atoms with Crippen molar-refractivity contribution in [1.29, 1.82) is 0 Å². The lowest BCUT2D eigenvalue weighted by atomic mass is 9.92. The summed E-state index contributed by atoms with van der Waals surface area (Å²) in [6.07, 6.45) is -12.9. The molecule has 0 spiro atoms. The zero-order chi connectivity index (χ0) is 59.5. The van der Waals surface area contributed by atoms with E-state index in [1.54, 1.807) is 0 Å². The topological polar surface area (TPSA) is 562 Å². The molecule has 6 aromatic heterocycles. The number of aryl methyl sites for hydroxylation is 1. The quantitative estimate of drug-likeness (QED) is 0.0222. The second-order valence-corrected chi connectivity index (χ2v) is 24.9. The molecule has 0 saturated carbocycles. The largest absolute Gasteiger partial charge is 0.490 e. The molecule has 0 bridgehead atoms. The van der Waals surface area contributed by atoms with E-state index in [1.807, 2.05) is 0 Å². The molecule has 3 saturated heterocycles. The van der Waals surface area contributed by atoms with E-state index in [-0.39, 0.29) is 76.4 Å². The number of methoxy groups -OCH3 is 1. The third kappa shape index (κ3) is 12.7. The summed E-state index contributed by atoms with van der Waals surface area (Å²) >= 11 is 0. The highest BCUT2D eigenvalue weighted by Crippen LogP contribution is 2.68. The minimum Gasteiger partial charge on any atom is -0.387 e. The maximum absolute atomic E-state index is 13.8. The molecular formula is C38H55N16O24P4+. The van der Waals surface area contributed by atoms with Gasteiger partial charge in [0.2, 0.25) is 23.6 Å². The van der Waals surface area contributed by atoms with Gasteiger partial charge in [-0.1, -0.05) is 4.98 Å². The second kappa shape index (κ2) is 23.4. The normalized spacial score (nSPS) is 28.8. The van der Waals surface area contributed by atoms with Gasteiger partial charge in [-0.05, 0) is 12.8 Å². The summed E-state index contributed by atoms with van der Waals surface area (Å²) in [5.41, 5.74) is 15.7. The SMILES string of the molecule is CO[C@@H]1[C@H](OP(=O)(O)OC[C@H]2O[C@@H](n3cnc4c(=O)[nH]c(N)nc43)[C@H](O)[C@@H]2O)[C@@H](COP(=O)(O)OP(=O)(O)OP(=O)(O)OC[C@H]2OC([n+]3cn(C)c4c(=O)[nH]c(N)nc43)[C@H](O)[C@@H]2CCCC(=O)N(C)C)O[C@H]1n1cnc2c(N)ncnc21. The van der Waals surface area contributed by atoms with Crippen LogP contribution in [0.1, 0.15) is 37.9 Å². The number of amides is 1. The number of phosphoric ester groups is 3. The van der Waals surface area contributed by atoms with E-state index < -0.39 is 136 Å². The number of aromatic amines is 2. The van der Waals surface area contributed by atoms with E-state index >= 15 is 0 Å². The lowest BCUT2D eigenvalue weighted by Crippen LogP contribution is -2.45. The van der Waals surface area contributed by atoms with Crippen molar-refractivity contribution in [2.24, 2.45) is 13.0 Å². The van der Waals surface area contributed by atoms with Crippen molar-refractivity contribution in [3.8, 4) is 0 Å². The van der Waals surface area contributed by atoms with Crippen molar-refractivity contribution in [2.75, 3.05) is 58.2 Å². The summed E-state index contributed by atoms with van der Waals surface area (Å²) in [6.45, 7) is -3.23. The van der Waals surface area contributed by atoms with E-state index in [4.69, 9.17) is 54.2 Å². The van der Waals surface area contributed by atoms with Crippen LogP contribution in [-0.2, 0) is 75.8 Å². The van der Waals surface area contributed by atoms with Gasteiger partial charge in [0.05, 0.1) is 45.6 Å². The zero-order valence-corrected chi connectivity index (χ0v) is 46.6. The van der Waals surface area contributed by atoms with Crippen LogP contribution in [0.4, 0.5) is 17.7 Å². The first-order valence-corrected chi connectivity index (χ1v) is 30.0. The molecule has 15 N–H and O–H groups in total. The highest BCUT2D eigenvalue weighted by atomic mass is 31.3. The Morgan fingerprint density at radius 2 is 1.33 bits per heavy atom. The fourth-order valence-corrected chi connectivity index (χ4v) is 13.9. The van der Waals surface area contributed by atoms with Crippen LogP contribution in [0, 0.1) is 5.92 Å². The summed E-state index contributed by atoms with van der Waals surface area (Å²) < 4.78 is 111. The van der Waals surface area contributed by atoms with Gasteiger partial charge in [-0.2, -0.15) is 13.6 Å². The van der Waals surface area contributed by atoms with Gasteiger partial charge in [0.25, 0.3) is 17.1 Å². The van der Waals surface area contributed by atoms with E-state index in [0.717, 1.165) is 30.7 Å². The summed E-state index contributed by atoms with van der Waals surface area (Å²) in [4.78, 5) is 111. The number of aromatic nitrogens is 12. The summed E-state index contributed by atoms with van der Waals surface area (Å²) in [5, 5.41) is 33.4. The molecule has 450 valence electrons. The Morgan fingerprint density at radius 1 is 0.732 bits per heavy atom. The number of aliphatic hydroxyl groups is 3. The summed E-state index contributed by atoms with van der Waals surface area (Å²) in [6, 6.07) is 0. The molecule has 9 heterocycles. The number of hydrogen-bond acceptors (Lipinski definition) is 29. The maximum Gasteiger partial charge on any atom is 0.490 e. The number of hydrogen-bond donors (Lipinski definition) is 12. The highest BCUT2D eigenvalue weighted by molar-refractivity contribution is 7.66. The number of carbonyl (C=O) groups excluding carboxylic acids is 1. The lowest BCUT2D eigenvalue weighted by Gasteiger charge is -2.26. The van der Waals surface area contributed by atoms with Crippen LogP contribution in [0.15, 0.2) is 34.9 Å². The summed E-state index contributed by atoms with van der Waals surface area (Å²) in [5.74, 6) is -1.95. The van der Waals surface area contributed by atoms with Crippen molar-refractivity contribution in [3.05, 3.63) is 46.0 Å². The van der Waals surface area contributed by atoms with Crippen molar-refractivity contribution < 1.29 is 108 Å². The van der Waals surface area contributed by atoms with Crippen molar-refractivity contribution in [3.63, 3.8) is 0 Å². The van der Waals surface area contributed by atoms with Gasteiger partial charge in [0.1, 0.15) is 54.6 Å². The Bertz CT molecular complexity index is 3690. The smallest absolute Gasteiger partial charge is 0.387 e. The van der Waals surface area contributed by atoms with Crippen molar-refractivity contribution >= 4 is 88.4 Å². The van der Waals surface area contributed by atoms with Crippen LogP contribution in [0.2, 0.25) is 0 Å². The van der Waals surface area contributed by atoms with Gasteiger partial charge < -0.3 is 75.9 Å². The molecule has 44 heteroatoms. The molecule has 40 nitrogen and oxygen atoms in total. The molecule has 1 amide bonds. The number of H-pyrrole nitrogens is 2. The number of phosphoric acid groups is 4. The van der Waals surface area contributed by atoms with E-state index in [2.05, 4.69) is 48.5 Å². The zero-order valence-electron chi connectivity index (χ0n) is 43.0. The minimum atomic E-state index is -6.22. The van der Waals surface area contributed by atoms with Crippen LogP contribution in [0.5, 0.6) is 0 Å². The number of nitrogens with zero attached hydrogens (tertiary/aromatic N) is 11. The third-order valence-electron chi connectivity index (χ3n) is 13.2.